The zero-order valence-electron chi connectivity index (χ0n) is 11.5. The minimum atomic E-state index is -0.375. The largest absolute Gasteiger partial charge is 0.344 e. The third kappa shape index (κ3) is 3.34. The molecule has 2 rings (SSSR count). The molecule has 1 aromatic carbocycles. The smallest absolute Gasteiger partial charge is 0.245 e. The molecule has 0 bridgehead atoms. The molecule has 1 heterocycles. The number of carbonyl (C=O) groups is 2. The first-order valence-corrected chi connectivity index (χ1v) is 6.74. The molecule has 1 aromatic rings. The monoisotopic (exact) mass is 260 g/mol. The minimum Gasteiger partial charge on any atom is -0.344 e. The van der Waals surface area contributed by atoms with Crippen molar-refractivity contribution in [1.29, 1.82) is 0 Å². The highest BCUT2D eigenvalue weighted by molar-refractivity contribution is 5.89. The van der Waals surface area contributed by atoms with Gasteiger partial charge in [-0.2, -0.15) is 0 Å². The van der Waals surface area contributed by atoms with E-state index in [9.17, 15) is 9.59 Å². The van der Waals surface area contributed by atoms with Gasteiger partial charge in [0.15, 0.2) is 0 Å². The molecule has 4 heteroatoms. The summed E-state index contributed by atoms with van der Waals surface area (Å²) in [5, 5.41) is 2.78. The number of nitrogens with one attached hydrogen (secondary N) is 1. The van der Waals surface area contributed by atoms with Gasteiger partial charge in [-0.1, -0.05) is 36.8 Å². The molecule has 0 spiro atoms. The lowest BCUT2D eigenvalue weighted by Crippen LogP contribution is -2.43. The molecule has 19 heavy (non-hydrogen) atoms. The lowest BCUT2D eigenvalue weighted by atomic mass is 10.1. The van der Waals surface area contributed by atoms with Crippen molar-refractivity contribution in [2.75, 3.05) is 6.54 Å². The number of aryl methyl sites for hydroxylation is 1. The van der Waals surface area contributed by atoms with Gasteiger partial charge in [0.2, 0.25) is 11.8 Å². The Morgan fingerprint density at radius 3 is 2.84 bits per heavy atom. The van der Waals surface area contributed by atoms with Crippen molar-refractivity contribution in [1.82, 2.24) is 10.2 Å². The molecule has 0 aliphatic carbocycles. The molecule has 1 fully saturated rings. The van der Waals surface area contributed by atoms with Crippen LogP contribution in [0.1, 0.15) is 30.9 Å². The van der Waals surface area contributed by atoms with E-state index < -0.39 is 0 Å². The predicted octanol–water partition coefficient (Wildman–Crippen LogP) is 1.62. The molecule has 1 N–H and O–H groups in total. The highest BCUT2D eigenvalue weighted by Gasteiger charge is 2.28. The van der Waals surface area contributed by atoms with E-state index in [4.69, 9.17) is 0 Å². The summed E-state index contributed by atoms with van der Waals surface area (Å²) in [5.74, 6) is -0.0122. The summed E-state index contributed by atoms with van der Waals surface area (Å²) in [5.41, 5.74) is 2.29. The molecule has 0 aromatic heterocycles. The van der Waals surface area contributed by atoms with Crippen LogP contribution in [-0.4, -0.2) is 29.3 Å². The third-order valence-electron chi connectivity index (χ3n) is 3.42. The van der Waals surface area contributed by atoms with E-state index in [0.717, 1.165) is 5.56 Å². The molecule has 1 atom stereocenters. The Bertz CT molecular complexity index is 485. The Kier molecular flexibility index (Phi) is 4.20. The second-order valence-corrected chi connectivity index (χ2v) is 5.03. The van der Waals surface area contributed by atoms with Crippen molar-refractivity contribution in [3.05, 3.63) is 35.4 Å². The van der Waals surface area contributed by atoms with Gasteiger partial charge >= 0.3 is 0 Å². The van der Waals surface area contributed by atoms with Crippen LogP contribution in [0.5, 0.6) is 0 Å². The minimum absolute atomic E-state index is 0.0230. The van der Waals surface area contributed by atoms with Crippen LogP contribution in [0.4, 0.5) is 0 Å². The molecule has 2 amide bonds. The maximum atomic E-state index is 12.3. The number of hydrogen-bond acceptors (Lipinski definition) is 2. The Morgan fingerprint density at radius 1 is 1.37 bits per heavy atom. The molecule has 1 aliphatic rings. The SMILES string of the molecule is CCC1NC(=O)CCN(Cc2cccc(C)c2)C1=O. The van der Waals surface area contributed by atoms with Crippen LogP contribution < -0.4 is 5.32 Å². The second-order valence-electron chi connectivity index (χ2n) is 5.03. The molecule has 1 aliphatic heterocycles. The van der Waals surface area contributed by atoms with Crippen molar-refractivity contribution in [2.24, 2.45) is 0 Å². The predicted molar refractivity (Wildman–Crippen MR) is 73.4 cm³/mol. The van der Waals surface area contributed by atoms with Crippen molar-refractivity contribution in [2.45, 2.75) is 39.3 Å². The van der Waals surface area contributed by atoms with Gasteiger partial charge in [-0.15, -0.1) is 0 Å². The third-order valence-corrected chi connectivity index (χ3v) is 3.42. The first-order valence-electron chi connectivity index (χ1n) is 6.74. The maximum Gasteiger partial charge on any atom is 0.245 e. The van der Waals surface area contributed by atoms with Crippen LogP contribution in [0, 0.1) is 6.92 Å². The van der Waals surface area contributed by atoms with Crippen LogP contribution in [0.25, 0.3) is 0 Å². The summed E-state index contributed by atoms with van der Waals surface area (Å²) >= 11 is 0. The van der Waals surface area contributed by atoms with E-state index in [2.05, 4.69) is 11.4 Å². The van der Waals surface area contributed by atoms with Gasteiger partial charge in [-0.3, -0.25) is 9.59 Å². The topological polar surface area (TPSA) is 49.4 Å². The zero-order chi connectivity index (χ0) is 13.8. The Labute approximate surface area is 113 Å². The van der Waals surface area contributed by atoms with E-state index in [1.165, 1.54) is 5.56 Å². The van der Waals surface area contributed by atoms with Crippen LogP contribution in [0.2, 0.25) is 0 Å². The van der Waals surface area contributed by atoms with Gasteiger partial charge in [-0.05, 0) is 18.9 Å². The first kappa shape index (κ1) is 13.6. The number of nitrogens with zero attached hydrogens (tertiary/aromatic N) is 1. The van der Waals surface area contributed by atoms with E-state index in [1.807, 2.05) is 32.0 Å². The molecular weight excluding hydrogens is 240 g/mol. The lowest BCUT2D eigenvalue weighted by molar-refractivity contribution is -0.134. The van der Waals surface area contributed by atoms with Crippen molar-refractivity contribution in [3.63, 3.8) is 0 Å². The fourth-order valence-electron chi connectivity index (χ4n) is 2.36. The highest BCUT2D eigenvalue weighted by Crippen LogP contribution is 2.12. The van der Waals surface area contributed by atoms with Crippen LogP contribution in [0.15, 0.2) is 24.3 Å². The Morgan fingerprint density at radius 2 is 2.16 bits per heavy atom. The first-order chi connectivity index (χ1) is 9.10. The molecule has 1 saturated heterocycles. The van der Waals surface area contributed by atoms with E-state index in [-0.39, 0.29) is 17.9 Å². The second kappa shape index (κ2) is 5.87. The number of hydrogen-bond donors (Lipinski definition) is 1. The van der Waals surface area contributed by atoms with Gasteiger partial charge in [0.05, 0.1) is 0 Å². The number of rotatable bonds is 3. The average molecular weight is 260 g/mol. The van der Waals surface area contributed by atoms with E-state index >= 15 is 0 Å². The van der Waals surface area contributed by atoms with Crippen molar-refractivity contribution >= 4 is 11.8 Å². The summed E-state index contributed by atoms with van der Waals surface area (Å²) in [4.78, 5) is 25.7. The van der Waals surface area contributed by atoms with Crippen LogP contribution in [0.3, 0.4) is 0 Å². The van der Waals surface area contributed by atoms with Gasteiger partial charge in [0.25, 0.3) is 0 Å². The van der Waals surface area contributed by atoms with Crippen molar-refractivity contribution < 1.29 is 9.59 Å². The van der Waals surface area contributed by atoms with Gasteiger partial charge in [0.1, 0.15) is 6.04 Å². The van der Waals surface area contributed by atoms with Crippen LogP contribution in [-0.2, 0) is 16.1 Å². The summed E-state index contributed by atoms with van der Waals surface area (Å²) < 4.78 is 0. The van der Waals surface area contributed by atoms with E-state index in [1.54, 1.807) is 4.90 Å². The van der Waals surface area contributed by atoms with Gasteiger partial charge in [0, 0.05) is 19.5 Å². The zero-order valence-corrected chi connectivity index (χ0v) is 11.5. The van der Waals surface area contributed by atoms with Gasteiger partial charge in [-0.25, -0.2) is 0 Å². The summed E-state index contributed by atoms with van der Waals surface area (Å²) in [7, 11) is 0. The quantitative estimate of drug-likeness (QED) is 0.898. The van der Waals surface area contributed by atoms with Crippen LogP contribution >= 0.6 is 0 Å². The number of amides is 2. The molecule has 102 valence electrons. The average Bonchev–Trinajstić information content (AvgIpc) is 2.52. The molecule has 4 nitrogen and oxygen atoms in total. The van der Waals surface area contributed by atoms with E-state index in [0.29, 0.717) is 25.9 Å². The standard InChI is InChI=1S/C15H20N2O2/c1-3-13-15(19)17(8-7-14(18)16-13)10-12-6-4-5-11(2)9-12/h4-6,9,13H,3,7-8,10H2,1-2H3,(H,16,18). The highest BCUT2D eigenvalue weighted by atomic mass is 16.2. The molecular formula is C15H20N2O2. The van der Waals surface area contributed by atoms with Crippen molar-refractivity contribution in [3.8, 4) is 0 Å². The Hall–Kier alpha value is -1.84. The maximum absolute atomic E-state index is 12.3. The fraction of sp³-hybridized carbons (Fsp3) is 0.467. The summed E-state index contributed by atoms with van der Waals surface area (Å²) in [6.45, 7) is 5.02. The Balaban J connectivity index is 2.13. The normalized spacial score (nSPS) is 20.1. The number of carbonyl (C=O) groups excluding carboxylic acids is 2. The summed E-state index contributed by atoms with van der Waals surface area (Å²) in [6, 6.07) is 7.75. The molecule has 0 saturated carbocycles. The lowest BCUT2D eigenvalue weighted by Gasteiger charge is -2.23. The fourth-order valence-corrected chi connectivity index (χ4v) is 2.36. The summed E-state index contributed by atoms with van der Waals surface area (Å²) in [6.07, 6.45) is 1.02. The molecule has 1 unspecified atom stereocenters. The molecule has 0 radical (unpaired) electrons. The number of benzene rings is 1. The van der Waals surface area contributed by atoms with Gasteiger partial charge < -0.3 is 10.2 Å².